The molecule has 1 atom stereocenters. The molecule has 0 spiro atoms. The Morgan fingerprint density at radius 3 is 2.72 bits per heavy atom. The molecular formula is C21H29N9O2. The topological polar surface area (TPSA) is 130 Å². The van der Waals surface area contributed by atoms with E-state index in [0.29, 0.717) is 37.2 Å². The Kier molecular flexibility index (Phi) is 6.19. The molecule has 0 radical (unpaired) electrons. The zero-order valence-electron chi connectivity index (χ0n) is 18.8. The van der Waals surface area contributed by atoms with E-state index in [2.05, 4.69) is 37.7 Å². The molecule has 0 saturated carbocycles. The molecule has 0 aromatic carbocycles. The third-order valence-corrected chi connectivity index (χ3v) is 5.52. The van der Waals surface area contributed by atoms with Gasteiger partial charge in [0, 0.05) is 39.5 Å². The number of methoxy groups -OCH3 is 1. The van der Waals surface area contributed by atoms with Crippen LogP contribution in [-0.2, 0) is 9.47 Å². The molecule has 11 heteroatoms. The largest absolute Gasteiger partial charge is 0.383 e. The molecule has 4 rings (SSSR count). The number of nitrogens with one attached hydrogen (secondary N) is 3. The predicted molar refractivity (Wildman–Crippen MR) is 123 cm³/mol. The lowest BCUT2D eigenvalue weighted by molar-refractivity contribution is 0.122. The highest BCUT2D eigenvalue weighted by Crippen LogP contribution is 2.30. The van der Waals surface area contributed by atoms with E-state index in [1.54, 1.807) is 33.5 Å². The van der Waals surface area contributed by atoms with Gasteiger partial charge in [-0.2, -0.15) is 0 Å². The number of pyridine rings is 1. The van der Waals surface area contributed by atoms with Crippen molar-refractivity contribution in [3.63, 3.8) is 0 Å². The molecule has 0 aliphatic carbocycles. The molecule has 1 aliphatic rings. The summed E-state index contributed by atoms with van der Waals surface area (Å²) >= 11 is 0. The standard InChI is InChI=1S/C21H29N9O2/c1-13(12-31-4)30-17-9-18(28-5-7-32-8-6-28)25-10-15(17)27-21(30)16-11-29(14(2)22)19(23)20(24-3)26-16/h9-11,13,22-23H,5-8,12H2,1-4H3,(H,24,26)/t13-/m1/s1. The van der Waals surface area contributed by atoms with Gasteiger partial charge in [0.1, 0.15) is 22.9 Å². The number of aromatic nitrogens is 5. The van der Waals surface area contributed by atoms with E-state index in [1.165, 1.54) is 4.57 Å². The van der Waals surface area contributed by atoms with Gasteiger partial charge < -0.3 is 24.3 Å². The highest BCUT2D eigenvalue weighted by Gasteiger charge is 2.22. The molecule has 0 bridgehead atoms. The van der Waals surface area contributed by atoms with Crippen LogP contribution in [0.5, 0.6) is 0 Å². The zero-order valence-corrected chi connectivity index (χ0v) is 18.8. The number of imidazole rings is 1. The third-order valence-electron chi connectivity index (χ3n) is 5.52. The lowest BCUT2D eigenvalue weighted by atomic mass is 10.3. The van der Waals surface area contributed by atoms with E-state index in [1.807, 2.05) is 0 Å². The van der Waals surface area contributed by atoms with Crippen LogP contribution in [0, 0.1) is 10.8 Å². The van der Waals surface area contributed by atoms with Gasteiger partial charge in [-0.05, 0) is 13.8 Å². The molecule has 3 aromatic rings. The van der Waals surface area contributed by atoms with Crippen molar-refractivity contribution in [2.45, 2.75) is 19.9 Å². The van der Waals surface area contributed by atoms with Gasteiger partial charge in [-0.1, -0.05) is 0 Å². The van der Waals surface area contributed by atoms with E-state index >= 15 is 0 Å². The predicted octanol–water partition coefficient (Wildman–Crippen LogP) is 1.71. The summed E-state index contributed by atoms with van der Waals surface area (Å²) in [5.74, 6) is 2.11. The molecule has 11 nitrogen and oxygen atoms in total. The van der Waals surface area contributed by atoms with Gasteiger partial charge >= 0.3 is 0 Å². The van der Waals surface area contributed by atoms with Gasteiger partial charge in [0.05, 0.1) is 37.6 Å². The summed E-state index contributed by atoms with van der Waals surface area (Å²) in [5, 5.41) is 19.3. The van der Waals surface area contributed by atoms with Gasteiger partial charge in [-0.3, -0.25) is 15.4 Å². The van der Waals surface area contributed by atoms with Crippen LogP contribution in [0.3, 0.4) is 0 Å². The second-order valence-electron chi connectivity index (χ2n) is 7.77. The highest BCUT2D eigenvalue weighted by atomic mass is 16.5. The van der Waals surface area contributed by atoms with Crippen molar-refractivity contribution in [1.82, 2.24) is 24.1 Å². The number of fused-ring (bicyclic) bond motifs is 1. The molecule has 3 N–H and O–H groups in total. The minimum Gasteiger partial charge on any atom is -0.383 e. The number of ether oxygens (including phenoxy) is 2. The van der Waals surface area contributed by atoms with Crippen LogP contribution in [0.4, 0.5) is 11.6 Å². The molecule has 170 valence electrons. The summed E-state index contributed by atoms with van der Waals surface area (Å²) < 4.78 is 14.5. The fraction of sp³-hybridized carbons (Fsp3) is 0.476. The Morgan fingerprint density at radius 2 is 2.06 bits per heavy atom. The molecule has 32 heavy (non-hydrogen) atoms. The Hall–Kier alpha value is -3.31. The van der Waals surface area contributed by atoms with Crippen LogP contribution < -0.4 is 15.7 Å². The van der Waals surface area contributed by atoms with Gasteiger partial charge in [0.2, 0.25) is 0 Å². The van der Waals surface area contributed by atoms with E-state index in [9.17, 15) is 0 Å². The van der Waals surface area contributed by atoms with E-state index in [4.69, 9.17) is 25.3 Å². The number of hydrogen-bond acceptors (Lipinski definition) is 9. The second kappa shape index (κ2) is 9.05. The third kappa shape index (κ3) is 3.96. The zero-order chi connectivity index (χ0) is 22.8. The van der Waals surface area contributed by atoms with Gasteiger partial charge in [-0.15, -0.1) is 0 Å². The van der Waals surface area contributed by atoms with Crippen molar-refractivity contribution >= 4 is 28.5 Å². The van der Waals surface area contributed by atoms with E-state index < -0.39 is 0 Å². The maximum atomic E-state index is 8.31. The Labute approximate surface area is 186 Å². The van der Waals surface area contributed by atoms with Gasteiger partial charge in [0.25, 0.3) is 0 Å². The molecule has 1 aliphatic heterocycles. The van der Waals surface area contributed by atoms with E-state index in [0.717, 1.165) is 29.9 Å². The van der Waals surface area contributed by atoms with Crippen molar-refractivity contribution in [3.8, 4) is 11.5 Å². The fourth-order valence-corrected chi connectivity index (χ4v) is 3.95. The Balaban J connectivity index is 1.93. The minimum atomic E-state index is -0.0232. The first kappa shape index (κ1) is 21.9. The molecule has 4 heterocycles. The monoisotopic (exact) mass is 439 g/mol. The molecular weight excluding hydrogens is 410 g/mol. The first-order chi connectivity index (χ1) is 15.4. The number of nitrogens with zero attached hydrogens (tertiary/aromatic N) is 6. The summed E-state index contributed by atoms with van der Waals surface area (Å²) in [7, 11) is 3.39. The minimum absolute atomic E-state index is 0.0232. The van der Waals surface area contributed by atoms with E-state index in [-0.39, 0.29) is 17.4 Å². The average Bonchev–Trinajstić information content (AvgIpc) is 3.18. The van der Waals surface area contributed by atoms with Crippen molar-refractivity contribution in [2.75, 3.05) is 57.3 Å². The number of hydrogen-bond donors (Lipinski definition) is 3. The normalized spacial score (nSPS) is 15.2. The van der Waals surface area contributed by atoms with Crippen molar-refractivity contribution in [2.24, 2.45) is 0 Å². The van der Waals surface area contributed by atoms with Crippen molar-refractivity contribution in [1.29, 1.82) is 10.8 Å². The summed E-state index contributed by atoms with van der Waals surface area (Å²) in [6.07, 6.45) is 3.46. The fourth-order valence-electron chi connectivity index (χ4n) is 3.95. The SMILES string of the molecule is CNc1nc(-c2nc3cnc(N4CCOCC4)cc3n2[C@H](C)COC)cn(C(C)=N)c1=N. The summed E-state index contributed by atoms with van der Waals surface area (Å²) in [5.41, 5.74) is 2.36. The van der Waals surface area contributed by atoms with Crippen LogP contribution >= 0.6 is 0 Å². The lowest BCUT2D eigenvalue weighted by Crippen LogP contribution is -2.36. The van der Waals surface area contributed by atoms with Crippen LogP contribution in [0.25, 0.3) is 22.6 Å². The van der Waals surface area contributed by atoms with Gasteiger partial charge in [-0.25, -0.2) is 15.0 Å². The van der Waals surface area contributed by atoms with Crippen molar-refractivity contribution < 1.29 is 9.47 Å². The quantitative estimate of drug-likeness (QED) is 0.394. The summed E-state index contributed by atoms with van der Waals surface area (Å²) in [6, 6.07) is 2.03. The van der Waals surface area contributed by atoms with Crippen LogP contribution in [-0.4, -0.2) is 77.0 Å². The number of anilines is 2. The molecule has 1 fully saturated rings. The lowest BCUT2D eigenvalue weighted by Gasteiger charge is -2.28. The average molecular weight is 440 g/mol. The maximum absolute atomic E-state index is 8.31. The smallest absolute Gasteiger partial charge is 0.173 e. The summed E-state index contributed by atoms with van der Waals surface area (Å²) in [6.45, 7) is 7.15. The first-order valence-electron chi connectivity index (χ1n) is 10.6. The highest BCUT2D eigenvalue weighted by molar-refractivity contribution is 5.83. The van der Waals surface area contributed by atoms with Crippen LogP contribution in [0.15, 0.2) is 18.5 Å². The summed E-state index contributed by atoms with van der Waals surface area (Å²) in [4.78, 5) is 16.3. The first-order valence-corrected chi connectivity index (χ1v) is 10.6. The Bertz CT molecular complexity index is 1190. The number of rotatable bonds is 6. The Morgan fingerprint density at radius 1 is 1.31 bits per heavy atom. The molecule has 0 amide bonds. The maximum Gasteiger partial charge on any atom is 0.173 e. The van der Waals surface area contributed by atoms with Crippen LogP contribution in [0.1, 0.15) is 19.9 Å². The van der Waals surface area contributed by atoms with Gasteiger partial charge in [0.15, 0.2) is 17.1 Å². The molecule has 1 saturated heterocycles. The molecule has 0 unspecified atom stereocenters. The second-order valence-corrected chi connectivity index (χ2v) is 7.77. The number of morpholine rings is 1. The molecule has 3 aromatic heterocycles. The van der Waals surface area contributed by atoms with Crippen LogP contribution in [0.2, 0.25) is 0 Å². The van der Waals surface area contributed by atoms with Crippen molar-refractivity contribution in [3.05, 3.63) is 23.9 Å².